The van der Waals surface area contributed by atoms with Crippen molar-refractivity contribution in [1.82, 2.24) is 0 Å². The SMILES string of the molecule is CO[PH](=O)c1ccccc1C(=O)c1c(Cl)cccc1Cl. The Morgan fingerprint density at radius 2 is 1.65 bits per heavy atom. The van der Waals surface area contributed by atoms with Crippen molar-refractivity contribution >= 4 is 42.3 Å². The van der Waals surface area contributed by atoms with Crippen molar-refractivity contribution in [1.29, 1.82) is 0 Å². The summed E-state index contributed by atoms with van der Waals surface area (Å²) in [6.45, 7) is 0. The van der Waals surface area contributed by atoms with E-state index in [9.17, 15) is 9.36 Å². The van der Waals surface area contributed by atoms with Gasteiger partial charge in [-0.05, 0) is 18.2 Å². The molecule has 2 rings (SSSR count). The van der Waals surface area contributed by atoms with Crippen molar-refractivity contribution in [3.8, 4) is 0 Å². The summed E-state index contributed by atoms with van der Waals surface area (Å²) in [4.78, 5) is 12.6. The topological polar surface area (TPSA) is 43.4 Å². The molecule has 20 heavy (non-hydrogen) atoms. The number of ketones is 1. The Morgan fingerprint density at radius 3 is 2.25 bits per heavy atom. The van der Waals surface area contributed by atoms with E-state index in [0.717, 1.165) is 0 Å². The fourth-order valence-corrected chi connectivity index (χ4v) is 3.26. The summed E-state index contributed by atoms with van der Waals surface area (Å²) >= 11 is 12.1. The van der Waals surface area contributed by atoms with E-state index >= 15 is 0 Å². The highest BCUT2D eigenvalue weighted by atomic mass is 35.5. The number of hydrogen-bond donors (Lipinski definition) is 0. The molecule has 0 amide bonds. The van der Waals surface area contributed by atoms with Gasteiger partial charge in [0.25, 0.3) is 0 Å². The van der Waals surface area contributed by atoms with Crippen LogP contribution in [0.3, 0.4) is 0 Å². The third-order valence-electron chi connectivity index (χ3n) is 2.77. The van der Waals surface area contributed by atoms with Crippen LogP contribution in [0.4, 0.5) is 0 Å². The largest absolute Gasteiger partial charge is 0.331 e. The quantitative estimate of drug-likeness (QED) is 0.630. The summed E-state index contributed by atoms with van der Waals surface area (Å²) in [6, 6.07) is 11.4. The molecule has 0 aliphatic carbocycles. The van der Waals surface area contributed by atoms with Crippen LogP contribution in [0.2, 0.25) is 10.0 Å². The molecule has 0 saturated carbocycles. The standard InChI is InChI=1S/C14H11Cl2O3P/c1-19-20(18)12-8-3-2-5-9(12)14(17)13-10(15)6-4-7-11(13)16/h2-8,20H,1H3. The molecule has 2 aromatic carbocycles. The highest BCUT2D eigenvalue weighted by Crippen LogP contribution is 2.29. The van der Waals surface area contributed by atoms with Gasteiger partial charge < -0.3 is 4.52 Å². The lowest BCUT2D eigenvalue weighted by Crippen LogP contribution is -2.14. The van der Waals surface area contributed by atoms with Gasteiger partial charge in [-0.3, -0.25) is 9.36 Å². The molecular weight excluding hydrogens is 318 g/mol. The predicted molar refractivity (Wildman–Crippen MR) is 82.0 cm³/mol. The molecule has 1 unspecified atom stereocenters. The maximum absolute atomic E-state index is 12.6. The predicted octanol–water partition coefficient (Wildman–Crippen LogP) is 3.97. The summed E-state index contributed by atoms with van der Waals surface area (Å²) in [5.74, 6) is -0.369. The van der Waals surface area contributed by atoms with Gasteiger partial charge in [0.2, 0.25) is 8.03 Å². The van der Waals surface area contributed by atoms with Crippen LogP contribution in [0.1, 0.15) is 15.9 Å². The van der Waals surface area contributed by atoms with E-state index in [0.29, 0.717) is 5.30 Å². The van der Waals surface area contributed by atoms with Gasteiger partial charge in [0.1, 0.15) is 0 Å². The Morgan fingerprint density at radius 1 is 1.05 bits per heavy atom. The average molecular weight is 329 g/mol. The van der Waals surface area contributed by atoms with Crippen LogP contribution in [0.15, 0.2) is 42.5 Å². The Bertz CT molecular complexity index is 666. The van der Waals surface area contributed by atoms with Crippen LogP contribution >= 0.6 is 31.2 Å². The van der Waals surface area contributed by atoms with Crippen molar-refractivity contribution in [3.05, 3.63) is 63.6 Å². The van der Waals surface area contributed by atoms with Crippen molar-refractivity contribution < 1.29 is 13.9 Å². The molecule has 0 fully saturated rings. The molecular formula is C14H11Cl2O3P. The Labute approximate surface area is 127 Å². The molecule has 0 aromatic heterocycles. The first-order chi connectivity index (χ1) is 9.56. The Kier molecular flexibility index (Phi) is 5.00. The molecule has 104 valence electrons. The second-order valence-electron chi connectivity index (χ2n) is 3.96. The van der Waals surface area contributed by atoms with Gasteiger partial charge >= 0.3 is 0 Å². The van der Waals surface area contributed by atoms with Crippen molar-refractivity contribution in [2.24, 2.45) is 0 Å². The zero-order valence-corrected chi connectivity index (χ0v) is 13.0. The summed E-state index contributed by atoms with van der Waals surface area (Å²) in [5.41, 5.74) is 0.488. The maximum Gasteiger partial charge on any atom is 0.221 e. The molecule has 0 radical (unpaired) electrons. The monoisotopic (exact) mass is 328 g/mol. The summed E-state index contributed by atoms with van der Waals surface area (Å²) < 4.78 is 16.7. The lowest BCUT2D eigenvalue weighted by molar-refractivity contribution is 0.104. The minimum Gasteiger partial charge on any atom is -0.331 e. The molecule has 0 saturated heterocycles. The number of hydrogen-bond acceptors (Lipinski definition) is 3. The highest BCUT2D eigenvalue weighted by molar-refractivity contribution is 7.48. The number of rotatable bonds is 4. The van der Waals surface area contributed by atoms with Gasteiger partial charge in [0.15, 0.2) is 5.78 Å². The molecule has 0 spiro atoms. The van der Waals surface area contributed by atoms with Gasteiger partial charge in [-0.1, -0.05) is 47.5 Å². The molecule has 1 atom stereocenters. The molecule has 0 aliphatic heterocycles. The van der Waals surface area contributed by atoms with Crippen LogP contribution in [0, 0.1) is 0 Å². The van der Waals surface area contributed by atoms with Crippen molar-refractivity contribution in [2.45, 2.75) is 0 Å². The lowest BCUT2D eigenvalue weighted by Gasteiger charge is -2.10. The zero-order valence-electron chi connectivity index (χ0n) is 10.5. The average Bonchev–Trinajstić information content (AvgIpc) is 2.46. The third-order valence-corrected chi connectivity index (χ3v) is 4.64. The second kappa shape index (κ2) is 6.55. The van der Waals surface area contributed by atoms with E-state index in [2.05, 4.69) is 0 Å². The zero-order chi connectivity index (χ0) is 14.7. The third kappa shape index (κ3) is 2.97. The van der Waals surface area contributed by atoms with Gasteiger partial charge in [-0.2, -0.15) is 0 Å². The van der Waals surface area contributed by atoms with Gasteiger partial charge in [0, 0.05) is 18.0 Å². The minimum absolute atomic E-state index is 0.203. The Hall–Kier alpha value is -1.12. The molecule has 2 aromatic rings. The number of carbonyl (C=O) groups is 1. The summed E-state index contributed by atoms with van der Waals surface area (Å²) in [6.07, 6.45) is 0. The summed E-state index contributed by atoms with van der Waals surface area (Å²) in [5, 5.41) is 0.879. The van der Waals surface area contributed by atoms with E-state index < -0.39 is 8.03 Å². The smallest absolute Gasteiger partial charge is 0.221 e. The minimum atomic E-state index is -2.47. The first-order valence-corrected chi connectivity index (χ1v) is 7.79. The van der Waals surface area contributed by atoms with Crippen LogP contribution < -0.4 is 5.30 Å². The highest BCUT2D eigenvalue weighted by Gasteiger charge is 2.21. The van der Waals surface area contributed by atoms with E-state index in [1.165, 1.54) is 7.11 Å². The molecule has 0 bridgehead atoms. The van der Waals surface area contributed by atoms with Crippen LogP contribution in [0.5, 0.6) is 0 Å². The van der Waals surface area contributed by atoms with E-state index in [1.54, 1.807) is 42.5 Å². The first-order valence-electron chi connectivity index (χ1n) is 5.72. The van der Waals surface area contributed by atoms with Gasteiger partial charge in [0.05, 0.1) is 15.6 Å². The van der Waals surface area contributed by atoms with E-state index in [4.69, 9.17) is 27.7 Å². The molecule has 0 aliphatic rings. The molecule has 3 nitrogen and oxygen atoms in total. The van der Waals surface area contributed by atoms with Gasteiger partial charge in [-0.25, -0.2) is 0 Å². The van der Waals surface area contributed by atoms with Crippen LogP contribution in [-0.4, -0.2) is 12.9 Å². The number of benzene rings is 2. The molecule has 6 heteroatoms. The van der Waals surface area contributed by atoms with Crippen molar-refractivity contribution in [3.63, 3.8) is 0 Å². The van der Waals surface area contributed by atoms with E-state index in [1.807, 2.05) is 0 Å². The number of carbonyl (C=O) groups excluding carboxylic acids is 1. The second-order valence-corrected chi connectivity index (χ2v) is 6.30. The number of halogens is 2. The lowest BCUT2D eigenvalue weighted by atomic mass is 10.0. The normalized spacial score (nSPS) is 12.2. The van der Waals surface area contributed by atoms with Crippen LogP contribution in [0.25, 0.3) is 0 Å². The van der Waals surface area contributed by atoms with Crippen LogP contribution in [-0.2, 0) is 9.09 Å². The molecule has 0 N–H and O–H groups in total. The fraction of sp³-hybridized carbons (Fsp3) is 0.0714. The van der Waals surface area contributed by atoms with Crippen molar-refractivity contribution in [2.75, 3.05) is 7.11 Å². The van der Waals surface area contributed by atoms with Gasteiger partial charge in [-0.15, -0.1) is 0 Å². The maximum atomic E-state index is 12.6. The fourth-order valence-electron chi connectivity index (χ4n) is 1.82. The first kappa shape index (κ1) is 15.3. The Balaban J connectivity index is 2.58. The summed E-state index contributed by atoms with van der Waals surface area (Å²) in [7, 11) is -1.13. The molecule has 0 heterocycles. The van der Waals surface area contributed by atoms with E-state index in [-0.39, 0.29) is 27.0 Å².